The fourth-order valence-electron chi connectivity index (χ4n) is 1.27. The van der Waals surface area contributed by atoms with E-state index in [0.717, 1.165) is 0 Å². The maximum absolute atomic E-state index is 12.0. The first-order chi connectivity index (χ1) is 7.99. The van der Waals surface area contributed by atoms with Gasteiger partial charge in [0.05, 0.1) is 5.69 Å². The molecule has 1 aromatic heterocycles. The molecule has 0 aliphatic heterocycles. The van der Waals surface area contributed by atoms with Crippen molar-refractivity contribution in [2.45, 2.75) is 4.90 Å². The number of hydrogen-bond acceptors (Lipinski definition) is 4. The number of anilines is 2. The smallest absolute Gasteiger partial charge is 0.266 e. The highest BCUT2D eigenvalue weighted by Gasteiger charge is 2.18. The first-order valence-electron chi connectivity index (χ1n) is 4.56. The number of rotatable bonds is 3. The molecule has 0 aliphatic rings. The number of aromatic amines is 1. The molecule has 2 rings (SSSR count). The number of hydrogen-bond donors (Lipinski definition) is 3. The van der Waals surface area contributed by atoms with Crippen LogP contribution in [0.5, 0.6) is 0 Å². The van der Waals surface area contributed by atoms with Crippen molar-refractivity contribution in [3.8, 4) is 0 Å². The van der Waals surface area contributed by atoms with E-state index in [1.54, 1.807) is 6.07 Å². The van der Waals surface area contributed by atoms with E-state index < -0.39 is 10.0 Å². The number of imidazole rings is 1. The number of aromatic nitrogens is 2. The molecular formula is C9H9BrN4O2S. The first kappa shape index (κ1) is 11.9. The van der Waals surface area contributed by atoms with Gasteiger partial charge in [-0.05, 0) is 18.2 Å². The summed E-state index contributed by atoms with van der Waals surface area (Å²) in [5, 5.41) is 0. The summed E-state index contributed by atoms with van der Waals surface area (Å²) in [5.74, 6) is 0.146. The fourth-order valence-corrected chi connectivity index (χ4v) is 2.74. The van der Waals surface area contributed by atoms with Crippen LogP contribution in [0.4, 0.5) is 11.6 Å². The van der Waals surface area contributed by atoms with Gasteiger partial charge in [0, 0.05) is 16.9 Å². The number of sulfonamides is 1. The van der Waals surface area contributed by atoms with Crippen LogP contribution in [-0.4, -0.2) is 18.4 Å². The molecule has 17 heavy (non-hydrogen) atoms. The lowest BCUT2D eigenvalue weighted by atomic mass is 10.3. The van der Waals surface area contributed by atoms with Gasteiger partial charge in [0.1, 0.15) is 4.90 Å². The van der Waals surface area contributed by atoms with Crippen molar-refractivity contribution >= 4 is 37.6 Å². The number of nitrogens with two attached hydrogens (primary N) is 1. The third kappa shape index (κ3) is 2.59. The van der Waals surface area contributed by atoms with E-state index in [9.17, 15) is 8.42 Å². The number of nitrogen functional groups attached to an aromatic ring is 1. The highest BCUT2D eigenvalue weighted by atomic mass is 79.9. The van der Waals surface area contributed by atoms with Crippen molar-refractivity contribution in [3.05, 3.63) is 35.1 Å². The van der Waals surface area contributed by atoms with Gasteiger partial charge in [-0.15, -0.1) is 0 Å². The normalized spacial score (nSPS) is 11.4. The Morgan fingerprint density at radius 3 is 2.76 bits per heavy atom. The Labute approximate surface area is 106 Å². The van der Waals surface area contributed by atoms with Crippen molar-refractivity contribution < 1.29 is 8.42 Å². The number of nitrogens with zero attached hydrogens (tertiary/aromatic N) is 1. The van der Waals surface area contributed by atoms with Crippen molar-refractivity contribution in [1.29, 1.82) is 0 Å². The molecule has 1 heterocycles. The largest absolute Gasteiger partial charge is 0.398 e. The topological polar surface area (TPSA) is 101 Å². The number of benzene rings is 1. The predicted octanol–water partition coefficient (Wildman–Crippen LogP) is 1.56. The van der Waals surface area contributed by atoms with Crippen LogP contribution in [0.3, 0.4) is 0 Å². The van der Waals surface area contributed by atoms with E-state index in [0.29, 0.717) is 4.47 Å². The fraction of sp³-hybridized carbons (Fsp3) is 0. The van der Waals surface area contributed by atoms with Crippen molar-refractivity contribution in [2.24, 2.45) is 0 Å². The summed E-state index contributed by atoms with van der Waals surface area (Å²) in [7, 11) is -3.72. The van der Waals surface area contributed by atoms with E-state index in [2.05, 4.69) is 30.6 Å². The van der Waals surface area contributed by atoms with E-state index in [1.165, 1.54) is 24.5 Å². The Morgan fingerprint density at radius 2 is 2.18 bits per heavy atom. The third-order valence-corrected chi connectivity index (χ3v) is 3.90. The van der Waals surface area contributed by atoms with Crippen LogP contribution in [0.1, 0.15) is 0 Å². The minimum atomic E-state index is -3.72. The Kier molecular flexibility index (Phi) is 3.07. The summed E-state index contributed by atoms with van der Waals surface area (Å²) in [6.07, 6.45) is 2.96. The molecular weight excluding hydrogens is 308 g/mol. The summed E-state index contributed by atoms with van der Waals surface area (Å²) in [6, 6.07) is 4.55. The lowest BCUT2D eigenvalue weighted by molar-refractivity contribution is 0.601. The molecule has 0 amide bonds. The molecule has 0 radical (unpaired) electrons. The molecule has 0 aliphatic carbocycles. The molecule has 8 heteroatoms. The van der Waals surface area contributed by atoms with Crippen LogP contribution < -0.4 is 10.5 Å². The van der Waals surface area contributed by atoms with Crippen molar-refractivity contribution in [1.82, 2.24) is 9.97 Å². The van der Waals surface area contributed by atoms with Crippen LogP contribution >= 0.6 is 15.9 Å². The second-order valence-corrected chi connectivity index (χ2v) is 5.79. The zero-order valence-corrected chi connectivity index (χ0v) is 10.9. The average Bonchev–Trinajstić information content (AvgIpc) is 2.68. The van der Waals surface area contributed by atoms with Crippen LogP contribution in [-0.2, 0) is 10.0 Å². The third-order valence-electron chi connectivity index (χ3n) is 1.99. The minimum Gasteiger partial charge on any atom is -0.398 e. The number of nitrogens with one attached hydrogen (secondary N) is 2. The predicted molar refractivity (Wildman–Crippen MR) is 68.0 cm³/mol. The van der Waals surface area contributed by atoms with Gasteiger partial charge in [0.2, 0.25) is 5.95 Å². The Bertz CT molecular complexity index is 624. The van der Waals surface area contributed by atoms with Crippen LogP contribution in [0.15, 0.2) is 40.0 Å². The molecule has 1 aromatic carbocycles. The zero-order valence-electron chi connectivity index (χ0n) is 8.51. The van der Waals surface area contributed by atoms with E-state index in [1.807, 2.05) is 0 Å². The summed E-state index contributed by atoms with van der Waals surface area (Å²) in [5.41, 5.74) is 5.82. The first-order valence-corrected chi connectivity index (χ1v) is 6.84. The van der Waals surface area contributed by atoms with E-state index >= 15 is 0 Å². The van der Waals surface area contributed by atoms with Gasteiger partial charge in [-0.3, -0.25) is 0 Å². The van der Waals surface area contributed by atoms with Gasteiger partial charge in [-0.2, -0.15) is 0 Å². The van der Waals surface area contributed by atoms with Crippen LogP contribution in [0, 0.1) is 0 Å². The average molecular weight is 317 g/mol. The molecule has 0 bridgehead atoms. The van der Waals surface area contributed by atoms with Crippen LogP contribution in [0.25, 0.3) is 0 Å². The molecule has 0 fully saturated rings. The standard InChI is InChI=1S/C9H9BrN4O2S/c10-6-1-2-8(7(11)5-6)17(15,16)14-9-12-3-4-13-9/h1-5H,11H2,(H2,12,13,14). The molecule has 90 valence electrons. The maximum Gasteiger partial charge on any atom is 0.266 e. The van der Waals surface area contributed by atoms with E-state index in [-0.39, 0.29) is 16.5 Å². The number of halogens is 1. The van der Waals surface area contributed by atoms with Gasteiger partial charge >= 0.3 is 0 Å². The second-order valence-electron chi connectivity index (χ2n) is 3.23. The Hall–Kier alpha value is -1.54. The molecule has 0 saturated carbocycles. The van der Waals surface area contributed by atoms with E-state index in [4.69, 9.17) is 5.73 Å². The van der Waals surface area contributed by atoms with Gasteiger partial charge < -0.3 is 10.7 Å². The minimum absolute atomic E-state index is 0.0112. The summed E-state index contributed by atoms with van der Waals surface area (Å²) < 4.78 is 26.9. The van der Waals surface area contributed by atoms with Gasteiger partial charge in [0.15, 0.2) is 0 Å². The highest BCUT2D eigenvalue weighted by Crippen LogP contribution is 2.23. The van der Waals surface area contributed by atoms with Gasteiger partial charge in [0.25, 0.3) is 10.0 Å². The molecule has 2 aromatic rings. The molecule has 4 N–H and O–H groups in total. The Morgan fingerprint density at radius 1 is 1.41 bits per heavy atom. The molecule has 0 saturated heterocycles. The molecule has 0 atom stereocenters. The van der Waals surface area contributed by atoms with Crippen molar-refractivity contribution in [2.75, 3.05) is 10.5 Å². The molecule has 0 unspecified atom stereocenters. The lowest BCUT2D eigenvalue weighted by Gasteiger charge is -2.08. The van der Waals surface area contributed by atoms with Gasteiger partial charge in [-0.1, -0.05) is 15.9 Å². The SMILES string of the molecule is Nc1cc(Br)ccc1S(=O)(=O)Nc1ncc[nH]1. The Balaban J connectivity index is 2.38. The maximum atomic E-state index is 12.0. The van der Waals surface area contributed by atoms with Crippen LogP contribution in [0.2, 0.25) is 0 Å². The summed E-state index contributed by atoms with van der Waals surface area (Å²) in [4.78, 5) is 6.43. The number of H-pyrrole nitrogens is 1. The summed E-state index contributed by atoms with van der Waals surface area (Å²) >= 11 is 3.21. The van der Waals surface area contributed by atoms with Crippen molar-refractivity contribution in [3.63, 3.8) is 0 Å². The lowest BCUT2D eigenvalue weighted by Crippen LogP contribution is -2.15. The van der Waals surface area contributed by atoms with Gasteiger partial charge in [-0.25, -0.2) is 18.1 Å². The second kappa shape index (κ2) is 4.38. The summed E-state index contributed by atoms with van der Waals surface area (Å²) in [6.45, 7) is 0. The monoisotopic (exact) mass is 316 g/mol. The molecule has 6 nitrogen and oxygen atoms in total. The quantitative estimate of drug-likeness (QED) is 0.748. The zero-order chi connectivity index (χ0) is 12.5. The highest BCUT2D eigenvalue weighted by molar-refractivity contribution is 9.10. The molecule has 0 spiro atoms.